The average Bonchev–Trinajstić information content (AvgIpc) is 3.53. The van der Waals surface area contributed by atoms with Gasteiger partial charge < -0.3 is 8.83 Å². The predicted octanol–water partition coefficient (Wildman–Crippen LogP) is 6.83. The lowest BCUT2D eigenvalue weighted by Crippen LogP contribution is -1.92. The number of nitrogens with zero attached hydrogens (tertiary/aromatic N) is 3. The Hall–Kier alpha value is -4.38. The molecule has 144 valence electrons. The number of furan rings is 2. The Morgan fingerprint density at radius 2 is 1.45 bits per heavy atom. The van der Waals surface area contributed by atoms with E-state index in [1.165, 1.54) is 0 Å². The van der Waals surface area contributed by atoms with E-state index >= 15 is 0 Å². The molecule has 0 saturated heterocycles. The molecule has 0 saturated carbocycles. The molecule has 5 nitrogen and oxygen atoms in total. The number of benzene rings is 3. The van der Waals surface area contributed by atoms with E-state index in [1.54, 1.807) is 0 Å². The lowest BCUT2D eigenvalue weighted by Gasteiger charge is -2.08. The Labute approximate surface area is 174 Å². The summed E-state index contributed by atoms with van der Waals surface area (Å²) in [5.41, 5.74) is 6.22. The summed E-state index contributed by atoms with van der Waals surface area (Å²) in [5.74, 6) is 0. The van der Waals surface area contributed by atoms with Crippen molar-refractivity contribution in [3.63, 3.8) is 0 Å². The zero-order chi connectivity index (χ0) is 20.1. The minimum atomic E-state index is 0.833. The molecule has 0 atom stereocenters. The number of imidazole rings is 1. The molecule has 8 aromatic rings. The third-order valence-corrected chi connectivity index (χ3v) is 6.31. The maximum Gasteiger partial charge on any atom is 0.163 e. The molecule has 0 aliphatic rings. The number of rotatable bonds is 0. The fourth-order valence-corrected chi connectivity index (χ4v) is 5.04. The van der Waals surface area contributed by atoms with Crippen LogP contribution >= 0.6 is 0 Å². The van der Waals surface area contributed by atoms with Crippen LogP contribution in [0.3, 0.4) is 0 Å². The Bertz CT molecular complexity index is 2010. The normalized spacial score (nSPS) is 12.5. The zero-order valence-corrected chi connectivity index (χ0v) is 16.2. The lowest BCUT2D eigenvalue weighted by atomic mass is 10.0. The fraction of sp³-hybridized carbons (Fsp3) is 0. The molecular weight excluding hydrogens is 386 g/mol. The molecule has 5 aromatic heterocycles. The summed E-state index contributed by atoms with van der Waals surface area (Å²) in [7, 11) is 0. The van der Waals surface area contributed by atoms with Gasteiger partial charge >= 0.3 is 0 Å². The van der Waals surface area contributed by atoms with Crippen molar-refractivity contribution in [2.75, 3.05) is 0 Å². The van der Waals surface area contributed by atoms with E-state index < -0.39 is 0 Å². The predicted molar refractivity (Wildman–Crippen MR) is 123 cm³/mol. The Morgan fingerprint density at radius 1 is 0.613 bits per heavy atom. The summed E-state index contributed by atoms with van der Waals surface area (Å²) in [6, 6.07) is 20.5. The van der Waals surface area contributed by atoms with E-state index in [1.807, 2.05) is 48.9 Å². The van der Waals surface area contributed by atoms with Crippen molar-refractivity contribution in [3.05, 3.63) is 79.3 Å². The van der Waals surface area contributed by atoms with Gasteiger partial charge in [0.15, 0.2) is 5.65 Å². The highest BCUT2D eigenvalue weighted by atomic mass is 16.3. The van der Waals surface area contributed by atoms with Gasteiger partial charge in [-0.05, 0) is 36.4 Å². The maximum atomic E-state index is 6.47. The molecule has 3 aromatic carbocycles. The number of pyridine rings is 2. The van der Waals surface area contributed by atoms with Crippen LogP contribution in [-0.4, -0.2) is 14.4 Å². The van der Waals surface area contributed by atoms with Crippen LogP contribution in [0, 0.1) is 0 Å². The number of para-hydroxylation sites is 1. The Balaban J connectivity index is 1.70. The Morgan fingerprint density at radius 3 is 2.42 bits per heavy atom. The standard InChI is InChI=1S/C26H13N3O2/c1-2-6-18-16(4-1)22-20(30-18)10-8-17-21-19(31-25(17)22)9-7-15-14-5-3-11-27-23(14)26-28-12-13-29(26)24(15)21/h1-13H. The van der Waals surface area contributed by atoms with Crippen molar-refractivity contribution in [2.45, 2.75) is 0 Å². The van der Waals surface area contributed by atoms with E-state index in [0.29, 0.717) is 0 Å². The van der Waals surface area contributed by atoms with Gasteiger partial charge in [-0.1, -0.05) is 24.3 Å². The molecule has 0 aliphatic carbocycles. The number of hydrogen-bond donors (Lipinski definition) is 0. The van der Waals surface area contributed by atoms with Gasteiger partial charge in [-0.2, -0.15) is 0 Å². The number of fused-ring (bicyclic) bond motifs is 14. The first-order valence-electron chi connectivity index (χ1n) is 10.2. The van der Waals surface area contributed by atoms with Gasteiger partial charge in [0.05, 0.1) is 16.3 Å². The minimum Gasteiger partial charge on any atom is -0.456 e. The smallest absolute Gasteiger partial charge is 0.163 e. The van der Waals surface area contributed by atoms with E-state index in [4.69, 9.17) is 8.83 Å². The molecule has 5 heteroatoms. The van der Waals surface area contributed by atoms with Crippen LogP contribution in [-0.2, 0) is 0 Å². The second kappa shape index (κ2) is 5.21. The summed E-state index contributed by atoms with van der Waals surface area (Å²) in [5, 5.41) is 6.44. The number of aromatic nitrogens is 3. The van der Waals surface area contributed by atoms with Crippen molar-refractivity contribution >= 4 is 71.3 Å². The molecule has 8 rings (SSSR count). The SMILES string of the molecule is c1ccc2c(c1)oc1ccc3c(oc4ccc5c6cccnc6c6nccn6c5c43)c12. The van der Waals surface area contributed by atoms with Crippen molar-refractivity contribution < 1.29 is 8.83 Å². The van der Waals surface area contributed by atoms with Crippen LogP contribution in [0.1, 0.15) is 0 Å². The molecule has 0 N–H and O–H groups in total. The fourth-order valence-electron chi connectivity index (χ4n) is 5.04. The van der Waals surface area contributed by atoms with Crippen molar-refractivity contribution in [3.8, 4) is 0 Å². The van der Waals surface area contributed by atoms with Crippen molar-refractivity contribution in [1.82, 2.24) is 14.4 Å². The molecule has 0 radical (unpaired) electrons. The first-order valence-corrected chi connectivity index (χ1v) is 10.2. The third-order valence-electron chi connectivity index (χ3n) is 6.31. The molecular formula is C26H13N3O2. The highest BCUT2D eigenvalue weighted by molar-refractivity contribution is 6.28. The average molecular weight is 399 g/mol. The van der Waals surface area contributed by atoms with Crippen LogP contribution in [0.4, 0.5) is 0 Å². The quantitative estimate of drug-likeness (QED) is 0.262. The van der Waals surface area contributed by atoms with Crippen LogP contribution in [0.25, 0.3) is 71.3 Å². The Kier molecular flexibility index (Phi) is 2.60. The second-order valence-electron chi connectivity index (χ2n) is 7.87. The van der Waals surface area contributed by atoms with Gasteiger partial charge in [0.2, 0.25) is 0 Å². The molecule has 0 fully saturated rings. The molecule has 0 unspecified atom stereocenters. The molecule has 5 heterocycles. The van der Waals surface area contributed by atoms with Crippen LogP contribution in [0.5, 0.6) is 0 Å². The molecule has 31 heavy (non-hydrogen) atoms. The van der Waals surface area contributed by atoms with Crippen LogP contribution in [0.15, 0.2) is 88.1 Å². The number of hydrogen-bond acceptors (Lipinski definition) is 4. The maximum absolute atomic E-state index is 6.47. The highest BCUT2D eigenvalue weighted by Gasteiger charge is 2.20. The first-order chi connectivity index (χ1) is 15.4. The summed E-state index contributed by atoms with van der Waals surface area (Å²) < 4.78 is 14.7. The summed E-state index contributed by atoms with van der Waals surface area (Å²) in [6.07, 6.45) is 5.64. The van der Waals surface area contributed by atoms with Gasteiger partial charge in [-0.3, -0.25) is 9.38 Å². The van der Waals surface area contributed by atoms with Crippen molar-refractivity contribution in [2.24, 2.45) is 0 Å². The van der Waals surface area contributed by atoms with Crippen LogP contribution < -0.4 is 0 Å². The monoisotopic (exact) mass is 399 g/mol. The molecule has 0 aliphatic heterocycles. The second-order valence-corrected chi connectivity index (χ2v) is 7.87. The molecule has 0 bridgehead atoms. The third kappa shape index (κ3) is 1.78. The van der Waals surface area contributed by atoms with E-state index in [0.717, 1.165) is 71.3 Å². The summed E-state index contributed by atoms with van der Waals surface area (Å²) in [4.78, 5) is 9.22. The van der Waals surface area contributed by atoms with E-state index in [-0.39, 0.29) is 0 Å². The van der Waals surface area contributed by atoms with E-state index in [2.05, 4.69) is 44.7 Å². The van der Waals surface area contributed by atoms with Gasteiger partial charge in [-0.25, -0.2) is 4.98 Å². The highest BCUT2D eigenvalue weighted by Crippen LogP contribution is 2.42. The summed E-state index contributed by atoms with van der Waals surface area (Å²) in [6.45, 7) is 0. The molecule has 0 spiro atoms. The van der Waals surface area contributed by atoms with Gasteiger partial charge in [0, 0.05) is 40.1 Å². The van der Waals surface area contributed by atoms with Crippen LogP contribution in [0.2, 0.25) is 0 Å². The van der Waals surface area contributed by atoms with Gasteiger partial charge in [0.25, 0.3) is 0 Å². The lowest BCUT2D eigenvalue weighted by molar-refractivity contribution is 0.663. The van der Waals surface area contributed by atoms with Crippen molar-refractivity contribution in [1.29, 1.82) is 0 Å². The zero-order valence-electron chi connectivity index (χ0n) is 16.2. The largest absolute Gasteiger partial charge is 0.456 e. The minimum absolute atomic E-state index is 0.833. The van der Waals surface area contributed by atoms with Gasteiger partial charge in [0.1, 0.15) is 27.8 Å². The van der Waals surface area contributed by atoms with Gasteiger partial charge in [-0.15, -0.1) is 0 Å². The molecule has 0 amide bonds. The first kappa shape index (κ1) is 15.5. The van der Waals surface area contributed by atoms with E-state index in [9.17, 15) is 0 Å². The topological polar surface area (TPSA) is 56.5 Å². The summed E-state index contributed by atoms with van der Waals surface area (Å²) >= 11 is 0.